The average molecular weight is 1770 g/mol. The molecule has 5 amide bonds. The van der Waals surface area contributed by atoms with Crippen molar-refractivity contribution in [3.63, 3.8) is 0 Å². The Labute approximate surface area is 776 Å². The summed E-state index contributed by atoms with van der Waals surface area (Å²) in [4.78, 5) is 118. The molecule has 5 aliphatic heterocycles. The molecular weight excluding hydrogens is 1670 g/mol. The highest BCUT2D eigenvalue weighted by atomic mass is 19.1. The number of benzene rings is 11. The number of nitrogens with one attached hydrogen (secondary N) is 5. The predicted octanol–water partition coefficient (Wildman–Crippen LogP) is 22.6. The van der Waals surface area contributed by atoms with Gasteiger partial charge in [0.15, 0.2) is 0 Å². The number of rotatable bonds is 16. The number of nitrogens with zero attached hydrogens (tertiary/aromatic N) is 11. The molecule has 5 N–H and O–H groups in total. The predicted molar refractivity (Wildman–Crippen MR) is 523 cm³/mol. The number of amides is 5. The first kappa shape index (κ1) is 87.2. The van der Waals surface area contributed by atoms with Crippen LogP contribution in [0.3, 0.4) is 0 Å². The number of hydrogen-bond acceptors (Lipinski definition) is 11. The zero-order chi connectivity index (χ0) is 91.1. The van der Waals surface area contributed by atoms with Crippen LogP contribution in [-0.2, 0) is 6.42 Å². The van der Waals surface area contributed by atoms with Crippen LogP contribution in [0, 0.1) is 11.7 Å². The zero-order valence-electron chi connectivity index (χ0n) is 74.1. The van der Waals surface area contributed by atoms with Crippen molar-refractivity contribution in [2.75, 3.05) is 45.8 Å². The van der Waals surface area contributed by atoms with Gasteiger partial charge in [0.05, 0.1) is 57.5 Å². The van der Waals surface area contributed by atoms with E-state index in [1.165, 1.54) is 28.7 Å². The van der Waals surface area contributed by atoms with E-state index < -0.39 is 0 Å². The third-order valence-electron chi connectivity index (χ3n) is 25.9. The number of likely N-dealkylation sites (tertiary alicyclic amines) is 5. The fraction of sp³-hybridized carbons (Fsp3) is 0.188. The number of pyridine rings is 2. The van der Waals surface area contributed by atoms with Crippen molar-refractivity contribution in [1.29, 1.82) is 0 Å². The molecule has 18 aromatic rings. The van der Waals surface area contributed by atoms with Gasteiger partial charge >= 0.3 is 0 Å². The lowest BCUT2D eigenvalue weighted by atomic mass is 9.92. The summed E-state index contributed by atoms with van der Waals surface area (Å²) in [6.07, 6.45) is 19.6. The van der Waals surface area contributed by atoms with E-state index in [1.54, 1.807) is 36.9 Å². The third kappa shape index (κ3) is 20.2. The standard InChI is InChI=1S/C26H25N3O.C24H20FN3O.C23H20N4O.C20H19N3O.C19H17N3O/c30-26(21-10-8-20(9-11-21)24-6-3-4-14-27-24)29-15-12-19(13-16-29)17-23-18-22-5-1-2-7-25(22)28-23;25-19-13-11-17(12-14-19)16-7-9-18(10-8-16)24(29)28-15-3-6-22(28)23-26-20-4-1-2-5-21(20)27-23;28-23(17-12-10-16(11-13-17)18-6-3-4-14-24-18)27-15-5-9-21(27)22-25-19-7-1-2-8-20(19)26-22;24-20(23-14-4-7-18(23)19-21-12-13-22-19)17-10-8-16(9-11-17)15-5-2-1-3-6-15;23-19(22-12-17(13-22)18-20-10-11-21-18)16-8-6-15(7-9-16)14-4-2-1-3-5-14/h1-11,14,18-19,28H,12-13,15-17H2;1-2,4-5,7-14,22H,3,6,15H2,(H,26,27);1-4,6-8,10-14,21H,5,9,15H2,(H,25,26);1-3,5-6,8-13,18H,4,7,14H2,(H,21,22);1-11,17H,12-13H2,(H,20,21)/t;22-;21-;18-;/m.000./s1. The smallest absolute Gasteiger partial charge is 0.254 e. The summed E-state index contributed by atoms with van der Waals surface area (Å²) in [5, 5.41) is 1.27. The second-order valence-electron chi connectivity index (χ2n) is 34.5. The van der Waals surface area contributed by atoms with Gasteiger partial charge in [-0.1, -0.05) is 188 Å². The zero-order valence-corrected chi connectivity index (χ0v) is 74.1. The second-order valence-corrected chi connectivity index (χ2v) is 34.5. The van der Waals surface area contributed by atoms with E-state index in [-0.39, 0.29) is 53.5 Å². The van der Waals surface area contributed by atoms with Gasteiger partial charge in [-0.05, 0) is 236 Å². The topological polar surface area (TPSA) is 258 Å². The number of imidazole rings is 4. The number of piperidine rings is 1. The molecule has 134 heavy (non-hydrogen) atoms. The van der Waals surface area contributed by atoms with Crippen LogP contribution >= 0.6 is 0 Å². The summed E-state index contributed by atoms with van der Waals surface area (Å²) in [7, 11) is 0. The maximum absolute atomic E-state index is 13.2. The number of aromatic amines is 5. The van der Waals surface area contributed by atoms with E-state index in [9.17, 15) is 28.4 Å². The lowest BCUT2D eigenvalue weighted by Crippen LogP contribution is -2.48. The van der Waals surface area contributed by atoms with Crippen LogP contribution in [-0.4, -0.2) is 155 Å². The normalized spacial score (nSPS) is 15.9. The van der Waals surface area contributed by atoms with E-state index >= 15 is 0 Å². The van der Waals surface area contributed by atoms with Gasteiger partial charge in [0.1, 0.15) is 29.1 Å². The van der Waals surface area contributed by atoms with Crippen molar-refractivity contribution in [1.82, 2.24) is 79.3 Å². The monoisotopic (exact) mass is 1770 g/mol. The van der Waals surface area contributed by atoms with E-state index in [4.69, 9.17) is 9.97 Å². The maximum Gasteiger partial charge on any atom is 0.254 e. The minimum atomic E-state index is -0.258. The summed E-state index contributed by atoms with van der Waals surface area (Å²) in [6, 6.07) is 104. The summed E-state index contributed by atoms with van der Waals surface area (Å²) < 4.78 is 13.1. The fourth-order valence-corrected chi connectivity index (χ4v) is 18.6. The largest absolute Gasteiger partial charge is 0.358 e. The Kier molecular flexibility index (Phi) is 26.6. The highest BCUT2D eigenvalue weighted by Crippen LogP contribution is 2.38. The van der Waals surface area contributed by atoms with Gasteiger partial charge in [0, 0.05) is 133 Å². The summed E-state index contributed by atoms with van der Waals surface area (Å²) in [5.41, 5.74) is 20.2. The molecule has 5 saturated heterocycles. The van der Waals surface area contributed by atoms with Crippen LogP contribution in [0.25, 0.3) is 88.9 Å². The highest BCUT2D eigenvalue weighted by Gasteiger charge is 2.37. The number of aromatic nitrogens is 11. The molecule has 12 heterocycles. The number of fused-ring (bicyclic) bond motifs is 3. The minimum Gasteiger partial charge on any atom is -0.358 e. The molecule has 0 saturated carbocycles. The summed E-state index contributed by atoms with van der Waals surface area (Å²) >= 11 is 0. The first-order chi connectivity index (χ1) is 65.9. The highest BCUT2D eigenvalue weighted by molar-refractivity contribution is 5.98. The Bertz CT molecular complexity index is 6870. The first-order valence-electron chi connectivity index (χ1n) is 46.0. The summed E-state index contributed by atoms with van der Waals surface area (Å²) in [5.74, 6) is 4.62. The van der Waals surface area contributed by atoms with Crippen molar-refractivity contribution in [2.24, 2.45) is 5.92 Å². The molecule has 666 valence electrons. The summed E-state index contributed by atoms with van der Waals surface area (Å²) in [6.45, 7) is 5.37. The molecule has 3 atom stereocenters. The molecule has 22 heteroatoms. The average Bonchev–Trinajstić information content (AvgIpc) is 1.47. The maximum atomic E-state index is 13.2. The van der Waals surface area contributed by atoms with E-state index in [2.05, 4.69) is 99.5 Å². The van der Waals surface area contributed by atoms with Crippen LogP contribution in [0.2, 0.25) is 0 Å². The van der Waals surface area contributed by atoms with E-state index in [0.29, 0.717) is 23.0 Å². The van der Waals surface area contributed by atoms with Crippen molar-refractivity contribution >= 4 is 62.5 Å². The Morgan fingerprint density at radius 3 is 1.09 bits per heavy atom. The minimum absolute atomic E-state index is 0.00429. The van der Waals surface area contributed by atoms with Crippen LogP contribution in [0.15, 0.2) is 359 Å². The molecule has 0 aliphatic carbocycles. The molecule has 21 nitrogen and oxygen atoms in total. The first-order valence-corrected chi connectivity index (χ1v) is 46.0. The quantitative estimate of drug-likeness (QED) is 0.0608. The number of carbonyl (C=O) groups is 5. The molecule has 0 spiro atoms. The molecule has 23 rings (SSSR count). The van der Waals surface area contributed by atoms with Crippen molar-refractivity contribution in [3.8, 4) is 55.9 Å². The number of halogens is 1. The van der Waals surface area contributed by atoms with Gasteiger partial charge in [-0.2, -0.15) is 0 Å². The number of H-pyrrole nitrogens is 5. The number of hydrogen-bond donors (Lipinski definition) is 5. The molecule has 0 bridgehead atoms. The second kappa shape index (κ2) is 40.9. The van der Waals surface area contributed by atoms with E-state index in [0.717, 1.165) is 222 Å². The van der Waals surface area contributed by atoms with Gasteiger partial charge in [0.2, 0.25) is 0 Å². The molecule has 5 fully saturated rings. The Morgan fingerprint density at radius 1 is 0.313 bits per heavy atom. The lowest BCUT2D eigenvalue weighted by Gasteiger charge is -2.38. The van der Waals surface area contributed by atoms with Gasteiger partial charge in [-0.15, -0.1) is 0 Å². The van der Waals surface area contributed by atoms with Crippen molar-refractivity contribution in [2.45, 2.75) is 81.8 Å². The van der Waals surface area contributed by atoms with Crippen LogP contribution < -0.4 is 0 Å². The Hall–Kier alpha value is -16.1. The van der Waals surface area contributed by atoms with Crippen molar-refractivity contribution < 1.29 is 28.4 Å². The molecule has 5 aliphatic rings. The van der Waals surface area contributed by atoms with Crippen LogP contribution in [0.4, 0.5) is 4.39 Å². The van der Waals surface area contributed by atoms with Crippen LogP contribution in [0.5, 0.6) is 0 Å². The number of carbonyl (C=O) groups excluding carboxylic acids is 5. The van der Waals surface area contributed by atoms with Gasteiger partial charge in [-0.25, -0.2) is 24.3 Å². The molecule has 0 unspecified atom stereocenters. The fourth-order valence-electron chi connectivity index (χ4n) is 18.6. The Balaban J connectivity index is 0.000000108. The number of para-hydroxylation sites is 5. The third-order valence-corrected chi connectivity index (χ3v) is 25.9. The van der Waals surface area contributed by atoms with Crippen molar-refractivity contribution in [3.05, 3.63) is 421 Å². The van der Waals surface area contributed by atoms with E-state index in [1.807, 2.05) is 280 Å². The molecule has 11 aromatic carbocycles. The van der Waals surface area contributed by atoms with Crippen LogP contribution in [0.1, 0.15) is 156 Å². The van der Waals surface area contributed by atoms with Gasteiger partial charge in [0.25, 0.3) is 29.5 Å². The Morgan fingerprint density at radius 2 is 0.679 bits per heavy atom. The SMILES string of the molecule is O=C(c1ccc(-c2ccc(F)cc2)cc1)N1CCC[C@H]1c1nc2ccccc2[nH]1.O=C(c1ccc(-c2ccccc2)cc1)N1CC(c2ncc[nH]2)C1.O=C(c1ccc(-c2ccccc2)cc1)N1CCC[C@H]1c1ncc[nH]1.O=C(c1ccc(-c2ccccn2)cc1)N1CCC(Cc2cc3ccccc3[nH]2)CC1.O=C(c1ccc(-c2ccccn2)cc1)N1CCC[C@H]1c1nc2ccccc2[nH]1. The van der Waals surface area contributed by atoms with Gasteiger partial charge < -0.3 is 49.4 Å². The van der Waals surface area contributed by atoms with Gasteiger partial charge in [-0.3, -0.25) is 33.9 Å². The molecular formula is C112H101FN16O5. The molecule has 7 aromatic heterocycles. The lowest BCUT2D eigenvalue weighted by molar-refractivity contribution is 0.0594. The molecule has 0 radical (unpaired) electrons.